The Balaban J connectivity index is 3.14. The molecule has 0 atom stereocenters. The summed E-state index contributed by atoms with van der Waals surface area (Å²) in [6.45, 7) is 9.22. The Labute approximate surface area is 125 Å². The molecule has 0 unspecified atom stereocenters. The first-order valence-corrected chi connectivity index (χ1v) is 6.97. The molecule has 0 saturated heterocycles. The van der Waals surface area contributed by atoms with Crippen molar-refractivity contribution in [3.63, 3.8) is 0 Å². The maximum atomic E-state index is 12.6. The average molecular weight is 293 g/mol. The van der Waals surface area contributed by atoms with Gasteiger partial charge in [0.2, 0.25) is 0 Å². The van der Waals surface area contributed by atoms with Gasteiger partial charge in [0.1, 0.15) is 0 Å². The number of hydrogen-bond donors (Lipinski definition) is 0. The zero-order valence-corrected chi connectivity index (χ0v) is 13.5. The predicted octanol–water partition coefficient (Wildman–Crippen LogP) is 2.88. The molecule has 0 N–H and O–H groups in total. The normalized spacial score (nSPS) is 10.7. The lowest BCUT2D eigenvalue weighted by atomic mass is 10.1. The lowest BCUT2D eigenvalue weighted by molar-refractivity contribution is -0.132. The molecular weight excluding hydrogens is 270 g/mol. The highest BCUT2D eigenvalue weighted by atomic mass is 16.6. The van der Waals surface area contributed by atoms with Gasteiger partial charge in [-0.25, -0.2) is 0 Å². The molecule has 1 aromatic carbocycles. The minimum absolute atomic E-state index is 0.0762. The molecular formula is C16H23NO4. The minimum atomic E-state index is -0.432. The fourth-order valence-corrected chi connectivity index (χ4v) is 2.25. The van der Waals surface area contributed by atoms with Crippen LogP contribution in [0.2, 0.25) is 0 Å². The van der Waals surface area contributed by atoms with Crippen molar-refractivity contribution in [3.8, 4) is 11.5 Å². The molecule has 21 heavy (non-hydrogen) atoms. The second kappa shape index (κ2) is 7.11. The van der Waals surface area contributed by atoms with Crippen LogP contribution in [0.5, 0.6) is 11.5 Å². The Morgan fingerprint density at radius 2 is 1.62 bits per heavy atom. The van der Waals surface area contributed by atoms with Crippen molar-refractivity contribution >= 4 is 11.9 Å². The van der Waals surface area contributed by atoms with Gasteiger partial charge >= 0.3 is 5.97 Å². The number of esters is 1. The van der Waals surface area contributed by atoms with E-state index in [1.165, 1.54) is 14.0 Å². The van der Waals surface area contributed by atoms with E-state index in [4.69, 9.17) is 9.47 Å². The molecule has 116 valence electrons. The van der Waals surface area contributed by atoms with Gasteiger partial charge in [0.15, 0.2) is 11.5 Å². The minimum Gasteiger partial charge on any atom is -0.493 e. The van der Waals surface area contributed by atoms with Crippen molar-refractivity contribution in [2.45, 2.75) is 46.7 Å². The van der Waals surface area contributed by atoms with E-state index < -0.39 is 5.97 Å². The molecule has 5 heteroatoms. The summed E-state index contributed by atoms with van der Waals surface area (Å²) in [6.07, 6.45) is 0. The first-order chi connectivity index (χ1) is 9.77. The molecule has 0 aliphatic heterocycles. The van der Waals surface area contributed by atoms with Crippen LogP contribution in [0.25, 0.3) is 0 Å². The molecule has 0 bridgehead atoms. The molecule has 0 fully saturated rings. The van der Waals surface area contributed by atoms with Gasteiger partial charge in [-0.15, -0.1) is 0 Å². The number of rotatable bonds is 5. The summed E-state index contributed by atoms with van der Waals surface area (Å²) >= 11 is 0. The number of carbonyl (C=O) groups excluding carboxylic acids is 2. The number of amides is 1. The summed E-state index contributed by atoms with van der Waals surface area (Å²) in [5.41, 5.74) is 0.505. The van der Waals surface area contributed by atoms with Crippen LogP contribution < -0.4 is 9.47 Å². The number of nitrogens with zero attached hydrogens (tertiary/aromatic N) is 1. The first-order valence-electron chi connectivity index (χ1n) is 6.97. The number of carbonyl (C=O) groups is 2. The van der Waals surface area contributed by atoms with Crippen LogP contribution in [0, 0.1) is 0 Å². The Bertz CT molecular complexity index is 515. The van der Waals surface area contributed by atoms with Crippen molar-refractivity contribution < 1.29 is 19.1 Å². The molecule has 1 rings (SSSR count). The van der Waals surface area contributed by atoms with Crippen LogP contribution in [-0.4, -0.2) is 36.0 Å². The van der Waals surface area contributed by atoms with E-state index in [-0.39, 0.29) is 18.0 Å². The zero-order valence-electron chi connectivity index (χ0n) is 13.5. The molecule has 0 aromatic heterocycles. The standard InChI is InChI=1S/C16H23NO4/c1-10(2)17(11(3)4)16(19)13-7-8-14(21-12(5)18)15(9-13)20-6/h7-11H,1-6H3. The van der Waals surface area contributed by atoms with Crippen LogP contribution in [-0.2, 0) is 4.79 Å². The van der Waals surface area contributed by atoms with Gasteiger partial charge in [-0.05, 0) is 45.9 Å². The van der Waals surface area contributed by atoms with E-state index in [1.807, 2.05) is 27.7 Å². The highest BCUT2D eigenvalue weighted by molar-refractivity contribution is 5.95. The van der Waals surface area contributed by atoms with Crippen LogP contribution in [0.4, 0.5) is 0 Å². The number of benzene rings is 1. The molecule has 0 radical (unpaired) electrons. The molecule has 1 amide bonds. The second-order valence-electron chi connectivity index (χ2n) is 5.36. The van der Waals surface area contributed by atoms with Crippen LogP contribution >= 0.6 is 0 Å². The summed E-state index contributed by atoms with van der Waals surface area (Å²) in [6, 6.07) is 5.00. The molecule has 1 aromatic rings. The lowest BCUT2D eigenvalue weighted by Gasteiger charge is -2.31. The van der Waals surface area contributed by atoms with Crippen molar-refractivity contribution in [2.24, 2.45) is 0 Å². The van der Waals surface area contributed by atoms with Crippen molar-refractivity contribution in [1.29, 1.82) is 0 Å². The van der Waals surface area contributed by atoms with Crippen molar-refractivity contribution in [1.82, 2.24) is 4.90 Å². The van der Waals surface area contributed by atoms with E-state index in [1.54, 1.807) is 23.1 Å². The van der Waals surface area contributed by atoms with E-state index in [2.05, 4.69) is 0 Å². The number of methoxy groups -OCH3 is 1. The fourth-order valence-electron chi connectivity index (χ4n) is 2.25. The smallest absolute Gasteiger partial charge is 0.308 e. The Morgan fingerprint density at radius 3 is 2.05 bits per heavy atom. The van der Waals surface area contributed by atoms with Gasteiger partial charge in [-0.3, -0.25) is 9.59 Å². The monoisotopic (exact) mass is 293 g/mol. The van der Waals surface area contributed by atoms with Crippen molar-refractivity contribution in [3.05, 3.63) is 23.8 Å². The topological polar surface area (TPSA) is 55.8 Å². The van der Waals surface area contributed by atoms with Gasteiger partial charge in [0.25, 0.3) is 5.91 Å². The molecule has 0 spiro atoms. The molecule has 5 nitrogen and oxygen atoms in total. The van der Waals surface area contributed by atoms with E-state index in [0.717, 1.165) is 0 Å². The third kappa shape index (κ3) is 4.21. The van der Waals surface area contributed by atoms with Gasteiger partial charge in [0.05, 0.1) is 7.11 Å². The summed E-state index contributed by atoms with van der Waals surface area (Å²) in [7, 11) is 1.47. The zero-order chi connectivity index (χ0) is 16.2. The van der Waals surface area contributed by atoms with E-state index in [9.17, 15) is 9.59 Å². The molecule has 0 aliphatic carbocycles. The molecule has 0 saturated carbocycles. The predicted molar refractivity (Wildman–Crippen MR) is 80.7 cm³/mol. The van der Waals surface area contributed by atoms with Crippen molar-refractivity contribution in [2.75, 3.05) is 7.11 Å². The second-order valence-corrected chi connectivity index (χ2v) is 5.36. The van der Waals surface area contributed by atoms with Gasteiger partial charge < -0.3 is 14.4 Å². The van der Waals surface area contributed by atoms with E-state index >= 15 is 0 Å². The third-order valence-corrected chi connectivity index (χ3v) is 3.01. The molecule has 0 heterocycles. The summed E-state index contributed by atoms with van der Waals surface area (Å²) in [4.78, 5) is 25.4. The Kier molecular flexibility index (Phi) is 5.76. The van der Waals surface area contributed by atoms with Crippen LogP contribution in [0.3, 0.4) is 0 Å². The quantitative estimate of drug-likeness (QED) is 0.619. The number of ether oxygens (including phenoxy) is 2. The first kappa shape index (κ1) is 17.0. The average Bonchev–Trinajstić information content (AvgIpc) is 2.37. The highest BCUT2D eigenvalue weighted by Crippen LogP contribution is 2.29. The summed E-state index contributed by atoms with van der Waals surface area (Å²) < 4.78 is 10.2. The highest BCUT2D eigenvalue weighted by Gasteiger charge is 2.22. The maximum absolute atomic E-state index is 12.6. The van der Waals surface area contributed by atoms with E-state index in [0.29, 0.717) is 17.1 Å². The molecule has 0 aliphatic rings. The Morgan fingerprint density at radius 1 is 1.05 bits per heavy atom. The maximum Gasteiger partial charge on any atom is 0.308 e. The Hall–Kier alpha value is -2.04. The fraction of sp³-hybridized carbons (Fsp3) is 0.500. The van der Waals surface area contributed by atoms with Gasteiger partial charge in [-0.2, -0.15) is 0 Å². The largest absolute Gasteiger partial charge is 0.493 e. The van der Waals surface area contributed by atoms with Gasteiger partial charge in [0, 0.05) is 24.6 Å². The summed E-state index contributed by atoms with van der Waals surface area (Å²) in [5.74, 6) is 0.164. The SMILES string of the molecule is COc1cc(C(=O)N(C(C)C)C(C)C)ccc1OC(C)=O. The van der Waals surface area contributed by atoms with Gasteiger partial charge in [-0.1, -0.05) is 0 Å². The third-order valence-electron chi connectivity index (χ3n) is 3.01. The number of hydrogen-bond acceptors (Lipinski definition) is 4. The van der Waals surface area contributed by atoms with Crippen LogP contribution in [0.1, 0.15) is 45.0 Å². The lowest BCUT2D eigenvalue weighted by Crippen LogP contribution is -2.42. The summed E-state index contributed by atoms with van der Waals surface area (Å²) in [5, 5.41) is 0. The van der Waals surface area contributed by atoms with Crippen LogP contribution in [0.15, 0.2) is 18.2 Å².